The van der Waals surface area contributed by atoms with Crippen LogP contribution in [0.2, 0.25) is 0 Å². The van der Waals surface area contributed by atoms with E-state index in [1.807, 2.05) is 19.4 Å². The van der Waals surface area contributed by atoms with Gasteiger partial charge in [0.2, 0.25) is 0 Å². The minimum atomic E-state index is 0. The quantitative estimate of drug-likeness (QED) is 0.364. The summed E-state index contributed by atoms with van der Waals surface area (Å²) < 4.78 is 6.24. The van der Waals surface area contributed by atoms with E-state index in [0.717, 1.165) is 48.9 Å². The third-order valence-corrected chi connectivity index (χ3v) is 6.17. The molecule has 0 saturated carbocycles. The molecule has 0 saturated heterocycles. The molecule has 0 fully saturated rings. The molecule has 7 heteroatoms. The van der Waals surface area contributed by atoms with Crippen LogP contribution in [0.15, 0.2) is 45.6 Å². The van der Waals surface area contributed by atoms with Crippen molar-refractivity contribution in [2.45, 2.75) is 13.5 Å². The van der Waals surface area contributed by atoms with Gasteiger partial charge in [-0.25, -0.2) is 9.97 Å². The molecule has 0 atom stereocenters. The first kappa shape index (κ1) is 17.6. The zero-order valence-electron chi connectivity index (χ0n) is 13.0. The van der Waals surface area contributed by atoms with Crippen molar-refractivity contribution < 1.29 is 16.5 Å². The van der Waals surface area contributed by atoms with Crippen LogP contribution in [0.5, 0.6) is 0 Å². The first-order valence-electron chi connectivity index (χ1n) is 7.36. The molecule has 4 rings (SSSR count). The van der Waals surface area contributed by atoms with Crippen molar-refractivity contribution in [1.29, 1.82) is 0 Å². The van der Waals surface area contributed by atoms with Gasteiger partial charge in [0.05, 0.1) is 27.4 Å². The number of benzene rings is 2. The molecule has 0 amide bonds. The molecule has 2 aromatic heterocycles. The van der Waals surface area contributed by atoms with Crippen molar-refractivity contribution in [2.24, 2.45) is 7.05 Å². The predicted octanol–water partition coefficient (Wildman–Crippen LogP) is 5.13. The van der Waals surface area contributed by atoms with Gasteiger partial charge in [-0.1, -0.05) is 6.07 Å². The number of fused-ring (bicyclic) bond motifs is 2. The molecule has 24 heavy (non-hydrogen) atoms. The summed E-state index contributed by atoms with van der Waals surface area (Å²) in [6.07, 6.45) is 1.89. The van der Waals surface area contributed by atoms with Gasteiger partial charge in [-0.15, -0.1) is 0 Å². The smallest absolute Gasteiger partial charge is 0.143 e. The van der Waals surface area contributed by atoms with Crippen molar-refractivity contribution in [3.8, 4) is 11.4 Å². The maximum Gasteiger partial charge on any atom is 0.143 e. The summed E-state index contributed by atoms with van der Waals surface area (Å²) in [6.45, 7) is 3.03. The van der Waals surface area contributed by atoms with Crippen molar-refractivity contribution in [1.82, 2.24) is 19.1 Å². The molecular weight excluding hydrogens is 479 g/mol. The van der Waals surface area contributed by atoms with Crippen LogP contribution in [-0.4, -0.2) is 19.1 Å². The van der Waals surface area contributed by atoms with Crippen LogP contribution in [0.1, 0.15) is 6.92 Å². The minimum Gasteiger partial charge on any atom is -0.331 e. The van der Waals surface area contributed by atoms with E-state index in [1.165, 1.54) is 0 Å². The number of hydrogen-bond donors (Lipinski definition) is 0. The molecular formula is C17H14Br2N4Ni. The fourth-order valence-electron chi connectivity index (χ4n) is 2.96. The van der Waals surface area contributed by atoms with E-state index in [0.29, 0.717) is 0 Å². The minimum absolute atomic E-state index is 0. The maximum atomic E-state index is 4.86. The molecule has 0 aliphatic heterocycles. The molecule has 0 aliphatic carbocycles. The molecule has 0 unspecified atom stereocenters. The molecule has 126 valence electrons. The molecule has 0 spiro atoms. The van der Waals surface area contributed by atoms with Crippen LogP contribution in [0.25, 0.3) is 33.5 Å². The van der Waals surface area contributed by atoms with Gasteiger partial charge in [-0.2, -0.15) is 0 Å². The van der Waals surface area contributed by atoms with Crippen LogP contribution >= 0.6 is 31.9 Å². The molecule has 4 aromatic rings. The van der Waals surface area contributed by atoms with Crippen molar-refractivity contribution >= 4 is 53.9 Å². The van der Waals surface area contributed by atoms with Gasteiger partial charge in [0.25, 0.3) is 0 Å². The zero-order valence-corrected chi connectivity index (χ0v) is 17.2. The van der Waals surface area contributed by atoms with E-state index >= 15 is 0 Å². The summed E-state index contributed by atoms with van der Waals surface area (Å²) in [7, 11) is 2.04. The average molecular weight is 493 g/mol. The Balaban J connectivity index is 0.00000169. The molecule has 0 N–H and O–H groups in total. The summed E-state index contributed by atoms with van der Waals surface area (Å²) in [5.74, 6) is 0.922. The number of halogens is 2. The number of hydrogen-bond acceptors (Lipinski definition) is 2. The molecule has 2 aromatic carbocycles. The molecule has 0 bridgehead atoms. The number of rotatable bonds is 2. The summed E-state index contributed by atoms with van der Waals surface area (Å²) in [5.41, 5.74) is 5.21. The SMILES string of the molecule is CCn1cnc2c(-c3nc4c(Br)c(Br)ccc4n3C)cccc21.[Ni]. The zero-order chi connectivity index (χ0) is 16.1. The topological polar surface area (TPSA) is 35.6 Å². The van der Waals surface area contributed by atoms with E-state index in [9.17, 15) is 0 Å². The summed E-state index contributed by atoms with van der Waals surface area (Å²) in [5, 5.41) is 0. The van der Waals surface area contributed by atoms with E-state index in [1.54, 1.807) is 0 Å². The van der Waals surface area contributed by atoms with E-state index in [-0.39, 0.29) is 16.5 Å². The monoisotopic (exact) mass is 490 g/mol. The summed E-state index contributed by atoms with van der Waals surface area (Å²) in [4.78, 5) is 9.47. The molecule has 0 radical (unpaired) electrons. The Hall–Kier alpha value is -1.17. The third-order valence-electron chi connectivity index (χ3n) is 4.18. The Morgan fingerprint density at radius 2 is 1.83 bits per heavy atom. The standard InChI is InChI=1S/C17H14Br2N4.Ni/c1-3-23-9-20-15-10(5-4-6-13(15)23)17-21-16-12(22(17)2)8-7-11(18)14(16)19;/h4-9H,3H2,1-2H3;. The normalized spacial score (nSPS) is 11.2. The number of aryl methyl sites for hydroxylation is 2. The maximum absolute atomic E-state index is 4.86. The van der Waals surface area contributed by atoms with Gasteiger partial charge in [0.15, 0.2) is 0 Å². The van der Waals surface area contributed by atoms with Crippen molar-refractivity contribution in [2.75, 3.05) is 0 Å². The Kier molecular flexibility index (Phi) is 4.87. The van der Waals surface area contributed by atoms with Crippen LogP contribution in [0, 0.1) is 0 Å². The van der Waals surface area contributed by atoms with Crippen LogP contribution in [-0.2, 0) is 30.1 Å². The van der Waals surface area contributed by atoms with Crippen molar-refractivity contribution in [3.63, 3.8) is 0 Å². The third kappa shape index (κ3) is 2.54. The molecule has 2 heterocycles. The fourth-order valence-corrected chi connectivity index (χ4v) is 3.71. The number of nitrogens with zero attached hydrogens (tertiary/aromatic N) is 4. The van der Waals surface area contributed by atoms with Gasteiger partial charge in [0.1, 0.15) is 11.3 Å². The summed E-state index contributed by atoms with van der Waals surface area (Å²) >= 11 is 7.17. The Labute approximate surface area is 166 Å². The second-order valence-electron chi connectivity index (χ2n) is 5.43. The van der Waals surface area contributed by atoms with E-state index < -0.39 is 0 Å². The van der Waals surface area contributed by atoms with E-state index in [4.69, 9.17) is 4.98 Å². The molecule has 0 aliphatic rings. The van der Waals surface area contributed by atoms with Crippen molar-refractivity contribution in [3.05, 3.63) is 45.6 Å². The number of para-hydroxylation sites is 1. The van der Waals surface area contributed by atoms with Gasteiger partial charge in [-0.3, -0.25) is 0 Å². The predicted molar refractivity (Wildman–Crippen MR) is 101 cm³/mol. The van der Waals surface area contributed by atoms with Crippen LogP contribution < -0.4 is 0 Å². The Morgan fingerprint density at radius 1 is 1.04 bits per heavy atom. The van der Waals surface area contributed by atoms with Crippen LogP contribution in [0.3, 0.4) is 0 Å². The Morgan fingerprint density at radius 3 is 2.58 bits per heavy atom. The first-order chi connectivity index (χ1) is 11.1. The number of imidazole rings is 2. The Bertz CT molecular complexity index is 1050. The van der Waals surface area contributed by atoms with Gasteiger partial charge >= 0.3 is 0 Å². The second kappa shape index (κ2) is 6.62. The van der Waals surface area contributed by atoms with Gasteiger partial charge in [-0.05, 0) is 63.0 Å². The second-order valence-corrected chi connectivity index (χ2v) is 7.07. The van der Waals surface area contributed by atoms with Crippen LogP contribution in [0.4, 0.5) is 0 Å². The average Bonchev–Trinajstić information content (AvgIpc) is 3.12. The van der Waals surface area contributed by atoms with Gasteiger partial charge in [0, 0.05) is 40.1 Å². The van der Waals surface area contributed by atoms with Gasteiger partial charge < -0.3 is 9.13 Å². The number of aromatic nitrogens is 4. The fraction of sp³-hybridized carbons (Fsp3) is 0.176. The molecule has 4 nitrogen and oxygen atoms in total. The summed E-state index contributed by atoms with van der Waals surface area (Å²) in [6, 6.07) is 10.4. The van der Waals surface area contributed by atoms with E-state index in [2.05, 4.69) is 77.2 Å². The largest absolute Gasteiger partial charge is 0.331 e. The first-order valence-corrected chi connectivity index (χ1v) is 8.95.